The number of carbonyl (C=O) groups is 1. The molecule has 0 radical (unpaired) electrons. The Balaban J connectivity index is 2.33. The van der Waals surface area contributed by atoms with E-state index in [1.165, 1.54) is 29.1 Å². The zero-order chi connectivity index (χ0) is 14.9. The summed E-state index contributed by atoms with van der Waals surface area (Å²) in [5, 5.41) is 6.64. The van der Waals surface area contributed by atoms with Crippen LogP contribution >= 0.6 is 28.1 Å². The number of thiocarbonyl (C=S) groups is 1. The van der Waals surface area contributed by atoms with Crippen molar-refractivity contribution in [2.45, 2.75) is 0 Å². The first kappa shape index (κ1) is 14.6. The third-order valence-corrected chi connectivity index (χ3v) is 3.49. The van der Waals surface area contributed by atoms with Gasteiger partial charge in [0.2, 0.25) is 0 Å². The number of amides is 1. The Labute approximate surface area is 128 Å². The number of nitrogens with one attached hydrogen (secondary N) is 1. The zero-order valence-electron chi connectivity index (χ0n) is 10.4. The van der Waals surface area contributed by atoms with E-state index in [2.05, 4.69) is 26.3 Å². The standard InChI is InChI=1S/C12H10BrFN4OS/c1-18-11(8(5-16-18)10(15)20)17-12(19)7-3-2-6(14)4-9(7)13/h2-5H,1H3,(H2,15,20)(H,17,19). The van der Waals surface area contributed by atoms with Crippen LogP contribution < -0.4 is 11.1 Å². The molecule has 0 atom stereocenters. The molecule has 8 heteroatoms. The van der Waals surface area contributed by atoms with E-state index in [0.29, 0.717) is 21.4 Å². The Morgan fingerprint density at radius 3 is 2.80 bits per heavy atom. The second-order valence-corrected chi connectivity index (χ2v) is 5.27. The van der Waals surface area contributed by atoms with Gasteiger partial charge < -0.3 is 11.1 Å². The van der Waals surface area contributed by atoms with Crippen molar-refractivity contribution in [3.8, 4) is 0 Å². The lowest BCUT2D eigenvalue weighted by atomic mass is 10.2. The molecule has 0 fully saturated rings. The molecule has 0 saturated carbocycles. The van der Waals surface area contributed by atoms with Crippen LogP contribution in [0.3, 0.4) is 0 Å². The minimum absolute atomic E-state index is 0.131. The molecule has 1 heterocycles. The molecular weight excluding hydrogens is 347 g/mol. The van der Waals surface area contributed by atoms with Crippen molar-refractivity contribution < 1.29 is 9.18 Å². The van der Waals surface area contributed by atoms with Crippen LogP contribution in [0.15, 0.2) is 28.9 Å². The molecule has 5 nitrogen and oxygen atoms in total. The SMILES string of the molecule is Cn1ncc(C(N)=S)c1NC(=O)c1ccc(F)cc1Br. The zero-order valence-corrected chi connectivity index (χ0v) is 12.8. The molecule has 0 aliphatic carbocycles. The molecule has 104 valence electrons. The molecule has 0 saturated heterocycles. The van der Waals surface area contributed by atoms with E-state index >= 15 is 0 Å². The first-order chi connectivity index (χ1) is 9.40. The minimum Gasteiger partial charge on any atom is -0.389 e. The quantitative estimate of drug-likeness (QED) is 0.827. The number of nitrogens with two attached hydrogens (primary N) is 1. The smallest absolute Gasteiger partial charge is 0.257 e. The molecule has 0 aliphatic rings. The summed E-state index contributed by atoms with van der Waals surface area (Å²) in [6.45, 7) is 0. The predicted molar refractivity (Wildman–Crippen MR) is 81.1 cm³/mol. The van der Waals surface area contributed by atoms with E-state index in [1.54, 1.807) is 7.05 Å². The van der Waals surface area contributed by atoms with Crippen LogP contribution in [-0.2, 0) is 7.05 Å². The summed E-state index contributed by atoms with van der Waals surface area (Å²) < 4.78 is 14.8. The molecule has 0 unspecified atom stereocenters. The van der Waals surface area contributed by atoms with Crippen molar-refractivity contribution in [1.29, 1.82) is 0 Å². The number of benzene rings is 1. The number of rotatable bonds is 3. The summed E-state index contributed by atoms with van der Waals surface area (Å²) in [5.74, 6) is -0.463. The molecule has 2 aromatic rings. The maximum atomic E-state index is 13.0. The van der Waals surface area contributed by atoms with Crippen LogP contribution in [0.1, 0.15) is 15.9 Å². The van der Waals surface area contributed by atoms with E-state index in [0.717, 1.165) is 0 Å². The molecule has 2 rings (SSSR count). The highest BCUT2D eigenvalue weighted by Crippen LogP contribution is 2.21. The van der Waals surface area contributed by atoms with Gasteiger partial charge in [0.25, 0.3) is 5.91 Å². The lowest BCUT2D eigenvalue weighted by Gasteiger charge is -2.09. The maximum absolute atomic E-state index is 13.0. The van der Waals surface area contributed by atoms with Crippen molar-refractivity contribution >= 4 is 44.9 Å². The van der Waals surface area contributed by atoms with Gasteiger partial charge in [-0.15, -0.1) is 0 Å². The molecule has 3 N–H and O–H groups in total. The summed E-state index contributed by atoms with van der Waals surface area (Å²) in [6, 6.07) is 3.80. The van der Waals surface area contributed by atoms with E-state index in [1.807, 2.05) is 0 Å². The van der Waals surface area contributed by atoms with Gasteiger partial charge in [0, 0.05) is 11.5 Å². The largest absolute Gasteiger partial charge is 0.389 e. The monoisotopic (exact) mass is 356 g/mol. The Kier molecular flexibility index (Phi) is 4.15. The summed E-state index contributed by atoms with van der Waals surface area (Å²) in [4.78, 5) is 12.3. The van der Waals surface area contributed by atoms with Crippen LogP contribution in [0.5, 0.6) is 0 Å². The molecule has 1 aromatic carbocycles. The minimum atomic E-state index is -0.433. The predicted octanol–water partition coefficient (Wildman–Crippen LogP) is 2.21. The van der Waals surface area contributed by atoms with Gasteiger partial charge in [-0.25, -0.2) is 4.39 Å². The van der Waals surface area contributed by atoms with E-state index in [4.69, 9.17) is 18.0 Å². The highest BCUT2D eigenvalue weighted by Gasteiger charge is 2.16. The Morgan fingerprint density at radius 2 is 2.20 bits per heavy atom. The van der Waals surface area contributed by atoms with Gasteiger partial charge in [-0.1, -0.05) is 12.2 Å². The van der Waals surface area contributed by atoms with Gasteiger partial charge in [0.1, 0.15) is 16.6 Å². The fraction of sp³-hybridized carbons (Fsp3) is 0.0833. The van der Waals surface area contributed by atoms with Gasteiger partial charge in [0.05, 0.1) is 17.3 Å². The van der Waals surface area contributed by atoms with Crippen LogP contribution in [-0.4, -0.2) is 20.7 Å². The van der Waals surface area contributed by atoms with Crippen molar-refractivity contribution in [2.24, 2.45) is 12.8 Å². The molecule has 0 spiro atoms. The Hall–Kier alpha value is -1.80. The van der Waals surface area contributed by atoms with Crippen LogP contribution in [0.2, 0.25) is 0 Å². The van der Waals surface area contributed by atoms with Gasteiger partial charge in [0.15, 0.2) is 0 Å². The Morgan fingerprint density at radius 1 is 1.50 bits per heavy atom. The van der Waals surface area contributed by atoms with Crippen molar-refractivity contribution in [3.63, 3.8) is 0 Å². The van der Waals surface area contributed by atoms with Crippen LogP contribution in [0.4, 0.5) is 10.2 Å². The van der Waals surface area contributed by atoms with Crippen LogP contribution in [0.25, 0.3) is 0 Å². The molecule has 0 bridgehead atoms. The van der Waals surface area contributed by atoms with Crippen molar-refractivity contribution in [2.75, 3.05) is 5.32 Å². The fourth-order valence-electron chi connectivity index (χ4n) is 1.61. The highest BCUT2D eigenvalue weighted by atomic mass is 79.9. The number of carbonyl (C=O) groups excluding carboxylic acids is 1. The van der Waals surface area contributed by atoms with Crippen molar-refractivity contribution in [1.82, 2.24) is 9.78 Å². The average Bonchev–Trinajstić information content (AvgIpc) is 2.71. The first-order valence-corrected chi connectivity index (χ1v) is 6.68. The number of halogens is 2. The maximum Gasteiger partial charge on any atom is 0.257 e. The molecule has 1 aromatic heterocycles. The lowest BCUT2D eigenvalue weighted by molar-refractivity contribution is 0.102. The normalized spacial score (nSPS) is 10.3. The first-order valence-electron chi connectivity index (χ1n) is 5.48. The number of hydrogen-bond donors (Lipinski definition) is 2. The van der Waals surface area contributed by atoms with Gasteiger partial charge in [-0.05, 0) is 34.1 Å². The third kappa shape index (κ3) is 2.86. The van der Waals surface area contributed by atoms with Gasteiger partial charge in [-0.2, -0.15) is 5.10 Å². The molecule has 0 aliphatic heterocycles. The number of aryl methyl sites for hydroxylation is 1. The fourth-order valence-corrected chi connectivity index (χ4v) is 2.29. The number of nitrogens with zero attached hydrogens (tertiary/aromatic N) is 2. The number of aromatic nitrogens is 2. The molecule has 1 amide bonds. The summed E-state index contributed by atoms with van der Waals surface area (Å²) in [7, 11) is 1.65. The topological polar surface area (TPSA) is 72.9 Å². The van der Waals surface area contributed by atoms with Crippen LogP contribution in [0, 0.1) is 5.82 Å². The highest BCUT2D eigenvalue weighted by molar-refractivity contribution is 9.10. The molecule has 20 heavy (non-hydrogen) atoms. The van der Waals surface area contributed by atoms with Gasteiger partial charge in [-0.3, -0.25) is 9.48 Å². The third-order valence-electron chi connectivity index (χ3n) is 2.61. The second-order valence-electron chi connectivity index (χ2n) is 3.97. The van der Waals surface area contributed by atoms with E-state index in [-0.39, 0.29) is 4.99 Å². The van der Waals surface area contributed by atoms with E-state index in [9.17, 15) is 9.18 Å². The average molecular weight is 357 g/mol. The number of hydrogen-bond acceptors (Lipinski definition) is 3. The summed E-state index contributed by atoms with van der Waals surface area (Å²) in [6.07, 6.45) is 1.47. The summed E-state index contributed by atoms with van der Waals surface area (Å²) >= 11 is 8.03. The molecular formula is C12H10BrFN4OS. The van der Waals surface area contributed by atoms with E-state index < -0.39 is 11.7 Å². The number of anilines is 1. The Bertz CT molecular complexity index is 701. The lowest BCUT2D eigenvalue weighted by Crippen LogP contribution is -2.19. The summed E-state index contributed by atoms with van der Waals surface area (Å²) in [5.41, 5.74) is 6.32. The van der Waals surface area contributed by atoms with Crippen molar-refractivity contribution in [3.05, 3.63) is 45.8 Å². The second kappa shape index (κ2) is 5.68. The van der Waals surface area contributed by atoms with Gasteiger partial charge >= 0.3 is 0 Å².